The van der Waals surface area contributed by atoms with Crippen LogP contribution in [0.1, 0.15) is 51.6 Å². The van der Waals surface area contributed by atoms with E-state index in [1.165, 1.54) is 11.8 Å². The van der Waals surface area contributed by atoms with Gasteiger partial charge in [0.1, 0.15) is 5.75 Å². The first kappa shape index (κ1) is 23.0. The lowest BCUT2D eigenvalue weighted by atomic mass is 9.85. The number of rotatable bonds is 10. The van der Waals surface area contributed by atoms with Crippen LogP contribution in [0.5, 0.6) is 5.75 Å². The van der Waals surface area contributed by atoms with Gasteiger partial charge in [0, 0.05) is 25.6 Å². The van der Waals surface area contributed by atoms with Gasteiger partial charge in [-0.25, -0.2) is 0 Å². The standard InChI is InChI=1S/C24H33N3O4/c1-16(2)31-22-12-7-6-11-20(22)21(26-17(3)28)15-25-13-8-14-27-23(29)18-9-4-5-10-19(18)24(27)30/h4-7,11-12,16,18-19,21,25H,8-10,13-15H2,1-3H3,(H,26,28). The Balaban J connectivity index is 1.52. The molecular weight excluding hydrogens is 394 g/mol. The summed E-state index contributed by atoms with van der Waals surface area (Å²) in [6.45, 7) is 7.02. The molecule has 2 aliphatic rings. The maximum atomic E-state index is 12.5. The molecule has 0 spiro atoms. The van der Waals surface area contributed by atoms with Crippen LogP contribution in [0.2, 0.25) is 0 Å². The Bertz CT molecular complexity index is 810. The number of carbonyl (C=O) groups excluding carboxylic acids is 3. The molecule has 3 unspecified atom stereocenters. The third-order valence-electron chi connectivity index (χ3n) is 5.72. The molecule has 2 N–H and O–H groups in total. The number of carbonyl (C=O) groups is 3. The summed E-state index contributed by atoms with van der Waals surface area (Å²) in [5.41, 5.74) is 0.917. The van der Waals surface area contributed by atoms with Gasteiger partial charge in [-0.2, -0.15) is 0 Å². The predicted octanol–water partition coefficient (Wildman–Crippen LogP) is 2.58. The van der Waals surface area contributed by atoms with Gasteiger partial charge in [0.05, 0.1) is 24.0 Å². The number of ether oxygens (including phenoxy) is 1. The van der Waals surface area contributed by atoms with Crippen molar-refractivity contribution in [1.29, 1.82) is 0 Å². The van der Waals surface area contributed by atoms with Crippen LogP contribution in [0.4, 0.5) is 0 Å². The second kappa shape index (κ2) is 10.6. The van der Waals surface area contributed by atoms with Crippen LogP contribution in [0.3, 0.4) is 0 Å². The smallest absolute Gasteiger partial charge is 0.233 e. The number of nitrogens with one attached hydrogen (secondary N) is 2. The zero-order valence-electron chi connectivity index (χ0n) is 18.6. The number of hydrogen-bond donors (Lipinski definition) is 2. The van der Waals surface area contributed by atoms with Gasteiger partial charge in [-0.3, -0.25) is 19.3 Å². The van der Waals surface area contributed by atoms with Gasteiger partial charge in [0.15, 0.2) is 0 Å². The molecule has 7 heteroatoms. The summed E-state index contributed by atoms with van der Waals surface area (Å²) in [4.78, 5) is 38.3. The number of amides is 3. The lowest BCUT2D eigenvalue weighted by Gasteiger charge is -2.23. The highest BCUT2D eigenvalue weighted by Gasteiger charge is 2.46. The highest BCUT2D eigenvalue weighted by atomic mass is 16.5. The third-order valence-corrected chi connectivity index (χ3v) is 5.72. The average molecular weight is 428 g/mol. The monoisotopic (exact) mass is 427 g/mol. The minimum Gasteiger partial charge on any atom is -0.491 e. The Morgan fingerprint density at radius 3 is 2.39 bits per heavy atom. The van der Waals surface area contributed by atoms with Gasteiger partial charge in [-0.05, 0) is 45.7 Å². The number of nitrogens with zero attached hydrogens (tertiary/aromatic N) is 1. The first-order chi connectivity index (χ1) is 14.9. The van der Waals surface area contributed by atoms with E-state index >= 15 is 0 Å². The maximum absolute atomic E-state index is 12.5. The van der Waals surface area contributed by atoms with E-state index in [1.807, 2.05) is 50.3 Å². The number of benzene rings is 1. The molecule has 168 valence electrons. The lowest BCUT2D eigenvalue weighted by molar-refractivity contribution is -0.140. The second-order valence-corrected chi connectivity index (χ2v) is 8.50. The van der Waals surface area contributed by atoms with E-state index in [0.29, 0.717) is 38.9 Å². The normalized spacial score (nSPS) is 21.4. The summed E-state index contributed by atoms with van der Waals surface area (Å²) in [5.74, 6) is 0.225. The van der Waals surface area contributed by atoms with Crippen LogP contribution >= 0.6 is 0 Å². The maximum Gasteiger partial charge on any atom is 0.233 e. The quantitative estimate of drug-likeness (QED) is 0.340. The zero-order valence-corrected chi connectivity index (χ0v) is 18.6. The molecular formula is C24H33N3O4. The van der Waals surface area contributed by atoms with Crippen LogP contribution in [0, 0.1) is 11.8 Å². The van der Waals surface area contributed by atoms with Crippen molar-refractivity contribution in [3.8, 4) is 5.75 Å². The molecule has 1 aromatic carbocycles. The van der Waals surface area contributed by atoms with E-state index in [1.54, 1.807) is 0 Å². The van der Waals surface area contributed by atoms with Gasteiger partial charge in [-0.15, -0.1) is 0 Å². The van der Waals surface area contributed by atoms with Crippen molar-refractivity contribution in [3.63, 3.8) is 0 Å². The molecule has 7 nitrogen and oxygen atoms in total. The van der Waals surface area contributed by atoms with Gasteiger partial charge >= 0.3 is 0 Å². The van der Waals surface area contributed by atoms with Crippen molar-refractivity contribution < 1.29 is 19.1 Å². The molecule has 1 fully saturated rings. The fourth-order valence-electron chi connectivity index (χ4n) is 4.31. The van der Waals surface area contributed by atoms with E-state index < -0.39 is 0 Å². The van der Waals surface area contributed by atoms with Crippen LogP contribution < -0.4 is 15.4 Å². The summed E-state index contributed by atoms with van der Waals surface area (Å²) in [6, 6.07) is 7.46. The Morgan fingerprint density at radius 1 is 1.13 bits per heavy atom. The van der Waals surface area contributed by atoms with Gasteiger partial charge < -0.3 is 15.4 Å². The summed E-state index contributed by atoms with van der Waals surface area (Å²) < 4.78 is 5.91. The minimum atomic E-state index is -0.239. The van der Waals surface area contributed by atoms with Crippen molar-refractivity contribution in [2.75, 3.05) is 19.6 Å². The number of fused-ring (bicyclic) bond motifs is 1. The van der Waals surface area contributed by atoms with Crippen LogP contribution in [-0.2, 0) is 14.4 Å². The lowest BCUT2D eigenvalue weighted by Crippen LogP contribution is -2.37. The largest absolute Gasteiger partial charge is 0.491 e. The number of hydrogen-bond acceptors (Lipinski definition) is 5. The SMILES string of the molecule is CC(=O)NC(CNCCCN1C(=O)C2CC=CCC2C1=O)c1ccccc1OC(C)C. The van der Waals surface area contributed by atoms with E-state index in [4.69, 9.17) is 4.74 Å². The van der Waals surface area contributed by atoms with Crippen LogP contribution in [0.25, 0.3) is 0 Å². The molecule has 31 heavy (non-hydrogen) atoms. The van der Waals surface area contributed by atoms with E-state index in [0.717, 1.165) is 11.3 Å². The van der Waals surface area contributed by atoms with Crippen molar-refractivity contribution in [2.24, 2.45) is 11.8 Å². The molecule has 3 amide bonds. The average Bonchev–Trinajstić information content (AvgIpc) is 2.97. The van der Waals surface area contributed by atoms with E-state index in [9.17, 15) is 14.4 Å². The number of para-hydroxylation sites is 1. The molecule has 1 saturated heterocycles. The molecule has 3 rings (SSSR count). The molecule has 1 aromatic rings. The van der Waals surface area contributed by atoms with Gasteiger partial charge in [-0.1, -0.05) is 30.4 Å². The topological polar surface area (TPSA) is 87.7 Å². The molecule has 0 radical (unpaired) electrons. The minimum absolute atomic E-state index is 0.0292. The fourth-order valence-corrected chi connectivity index (χ4v) is 4.31. The summed E-state index contributed by atoms with van der Waals surface area (Å²) in [7, 11) is 0. The van der Waals surface area contributed by atoms with Crippen LogP contribution in [-0.4, -0.2) is 48.4 Å². The summed E-state index contributed by atoms with van der Waals surface area (Å²) in [6.07, 6.45) is 6.03. The predicted molar refractivity (Wildman–Crippen MR) is 118 cm³/mol. The fraction of sp³-hybridized carbons (Fsp3) is 0.542. The first-order valence-electron chi connectivity index (χ1n) is 11.1. The molecule has 1 heterocycles. The molecule has 0 saturated carbocycles. The van der Waals surface area contributed by atoms with E-state index in [2.05, 4.69) is 10.6 Å². The van der Waals surface area contributed by atoms with Gasteiger partial charge in [0.25, 0.3) is 0 Å². The van der Waals surface area contributed by atoms with Crippen LogP contribution in [0.15, 0.2) is 36.4 Å². The molecule has 0 bridgehead atoms. The first-order valence-corrected chi connectivity index (χ1v) is 11.1. The van der Waals surface area contributed by atoms with Crippen molar-refractivity contribution in [1.82, 2.24) is 15.5 Å². The Labute approximate surface area is 184 Å². The van der Waals surface area contributed by atoms with Crippen molar-refractivity contribution in [3.05, 3.63) is 42.0 Å². The van der Waals surface area contributed by atoms with Crippen molar-refractivity contribution >= 4 is 17.7 Å². The number of imide groups is 1. The Kier molecular flexibility index (Phi) is 7.85. The molecule has 1 aliphatic heterocycles. The third kappa shape index (κ3) is 5.73. The molecule has 1 aliphatic carbocycles. The number of likely N-dealkylation sites (tertiary alicyclic amines) is 1. The van der Waals surface area contributed by atoms with Gasteiger partial charge in [0.2, 0.25) is 17.7 Å². The number of allylic oxidation sites excluding steroid dienone is 2. The highest BCUT2D eigenvalue weighted by molar-refractivity contribution is 6.05. The zero-order chi connectivity index (χ0) is 22.4. The summed E-state index contributed by atoms with van der Waals surface area (Å²) in [5, 5.41) is 6.34. The summed E-state index contributed by atoms with van der Waals surface area (Å²) >= 11 is 0. The molecule has 3 atom stereocenters. The Morgan fingerprint density at radius 2 is 1.77 bits per heavy atom. The highest BCUT2D eigenvalue weighted by Crippen LogP contribution is 2.35. The molecule has 0 aromatic heterocycles. The second-order valence-electron chi connectivity index (χ2n) is 8.50. The Hall–Kier alpha value is -2.67. The van der Waals surface area contributed by atoms with Crippen molar-refractivity contribution in [2.45, 2.75) is 52.2 Å². The van der Waals surface area contributed by atoms with E-state index in [-0.39, 0.29) is 41.7 Å².